The molecule has 0 saturated heterocycles. The van der Waals surface area contributed by atoms with Gasteiger partial charge in [0.2, 0.25) is 17.8 Å². The SMILES string of the molecule is CCN(CC)c1nc(N)nc(NCc2cn(C)nc2C)n1. The molecule has 0 fully saturated rings. The fraction of sp³-hybridized carbons (Fsp3) is 0.538. The molecule has 2 aromatic rings. The molecule has 0 aliphatic heterocycles. The minimum atomic E-state index is 0.220. The minimum absolute atomic E-state index is 0.220. The summed E-state index contributed by atoms with van der Waals surface area (Å²) < 4.78 is 1.79. The molecule has 8 nitrogen and oxygen atoms in total. The molecule has 0 radical (unpaired) electrons. The van der Waals surface area contributed by atoms with E-state index in [-0.39, 0.29) is 5.95 Å². The van der Waals surface area contributed by atoms with Crippen LogP contribution in [0.3, 0.4) is 0 Å². The Morgan fingerprint density at radius 3 is 2.52 bits per heavy atom. The Hall–Kier alpha value is -2.38. The Morgan fingerprint density at radius 2 is 1.95 bits per heavy atom. The Kier molecular flexibility index (Phi) is 4.56. The summed E-state index contributed by atoms with van der Waals surface area (Å²) >= 11 is 0. The van der Waals surface area contributed by atoms with Crippen LogP contribution in [0.1, 0.15) is 25.1 Å². The number of anilines is 3. The number of rotatable bonds is 6. The van der Waals surface area contributed by atoms with E-state index in [1.807, 2.05) is 25.1 Å². The van der Waals surface area contributed by atoms with Crippen molar-refractivity contribution in [3.8, 4) is 0 Å². The van der Waals surface area contributed by atoms with Gasteiger partial charge in [0.05, 0.1) is 5.69 Å². The van der Waals surface area contributed by atoms with Crippen LogP contribution in [0, 0.1) is 6.92 Å². The van der Waals surface area contributed by atoms with Gasteiger partial charge in [-0.2, -0.15) is 20.1 Å². The van der Waals surface area contributed by atoms with Gasteiger partial charge in [-0.25, -0.2) is 0 Å². The molecule has 0 unspecified atom stereocenters. The van der Waals surface area contributed by atoms with Gasteiger partial charge < -0.3 is 16.0 Å². The quantitative estimate of drug-likeness (QED) is 0.817. The fourth-order valence-corrected chi connectivity index (χ4v) is 2.10. The number of nitrogens with one attached hydrogen (secondary N) is 1. The molecule has 2 aromatic heterocycles. The number of nitrogens with two attached hydrogens (primary N) is 1. The van der Waals surface area contributed by atoms with E-state index in [9.17, 15) is 0 Å². The van der Waals surface area contributed by atoms with Gasteiger partial charge in [-0.3, -0.25) is 4.68 Å². The van der Waals surface area contributed by atoms with Crippen LogP contribution >= 0.6 is 0 Å². The van der Waals surface area contributed by atoms with Gasteiger partial charge in [0.25, 0.3) is 0 Å². The zero-order chi connectivity index (χ0) is 15.4. The van der Waals surface area contributed by atoms with Crippen molar-refractivity contribution >= 4 is 17.8 Å². The maximum absolute atomic E-state index is 5.76. The minimum Gasteiger partial charge on any atom is -0.368 e. The lowest BCUT2D eigenvalue weighted by Gasteiger charge is -2.18. The molecule has 0 aromatic carbocycles. The summed E-state index contributed by atoms with van der Waals surface area (Å²) in [4.78, 5) is 14.7. The second-order valence-electron chi connectivity index (χ2n) is 4.76. The lowest BCUT2D eigenvalue weighted by atomic mass is 10.3. The lowest BCUT2D eigenvalue weighted by Crippen LogP contribution is -2.25. The van der Waals surface area contributed by atoms with Gasteiger partial charge in [0.15, 0.2) is 0 Å². The summed E-state index contributed by atoms with van der Waals surface area (Å²) in [5.41, 5.74) is 7.84. The number of aromatic nitrogens is 5. The maximum Gasteiger partial charge on any atom is 0.231 e. The van der Waals surface area contributed by atoms with Gasteiger partial charge in [0.1, 0.15) is 0 Å². The molecule has 2 rings (SSSR count). The highest BCUT2D eigenvalue weighted by Gasteiger charge is 2.10. The van der Waals surface area contributed by atoms with Crippen molar-refractivity contribution in [1.82, 2.24) is 24.7 Å². The van der Waals surface area contributed by atoms with Crippen molar-refractivity contribution in [2.75, 3.05) is 29.0 Å². The van der Waals surface area contributed by atoms with Crippen LogP contribution in [0.2, 0.25) is 0 Å². The summed E-state index contributed by atoms with van der Waals surface area (Å²) in [5.74, 6) is 1.29. The highest BCUT2D eigenvalue weighted by molar-refractivity contribution is 5.42. The van der Waals surface area contributed by atoms with Crippen LogP contribution in [-0.2, 0) is 13.6 Å². The van der Waals surface area contributed by atoms with Crippen LogP contribution in [-0.4, -0.2) is 37.8 Å². The Bertz CT molecular complexity index is 602. The number of hydrogen-bond donors (Lipinski definition) is 2. The van der Waals surface area contributed by atoms with Crippen LogP contribution < -0.4 is 16.0 Å². The molecule has 114 valence electrons. The summed E-state index contributed by atoms with van der Waals surface area (Å²) in [6, 6.07) is 0. The number of hydrogen-bond acceptors (Lipinski definition) is 7. The first-order valence-electron chi connectivity index (χ1n) is 7.03. The van der Waals surface area contributed by atoms with E-state index < -0.39 is 0 Å². The average molecular weight is 290 g/mol. The Labute approximate surface area is 124 Å². The zero-order valence-electron chi connectivity index (χ0n) is 13.0. The van der Waals surface area contributed by atoms with Gasteiger partial charge in [-0.1, -0.05) is 0 Å². The number of aryl methyl sites for hydroxylation is 2. The molecule has 21 heavy (non-hydrogen) atoms. The highest BCUT2D eigenvalue weighted by Crippen LogP contribution is 2.13. The molecule has 0 bridgehead atoms. The molecule has 0 saturated carbocycles. The predicted molar refractivity (Wildman–Crippen MR) is 83.1 cm³/mol. The normalized spacial score (nSPS) is 10.7. The van der Waals surface area contributed by atoms with E-state index in [0.29, 0.717) is 18.4 Å². The van der Waals surface area contributed by atoms with Crippen molar-refractivity contribution in [2.24, 2.45) is 7.05 Å². The zero-order valence-corrected chi connectivity index (χ0v) is 13.0. The fourth-order valence-electron chi connectivity index (χ4n) is 2.10. The van der Waals surface area contributed by atoms with Crippen molar-refractivity contribution < 1.29 is 0 Å². The monoisotopic (exact) mass is 290 g/mol. The first kappa shape index (κ1) is 15.0. The van der Waals surface area contributed by atoms with E-state index in [1.165, 1.54) is 0 Å². The molecule has 3 N–H and O–H groups in total. The second kappa shape index (κ2) is 6.38. The topological polar surface area (TPSA) is 97.8 Å². The molecule has 0 aliphatic carbocycles. The predicted octanol–water partition coefficient (Wildman–Crippen LogP) is 0.954. The first-order valence-corrected chi connectivity index (χ1v) is 7.03. The number of nitrogens with zero attached hydrogens (tertiary/aromatic N) is 6. The van der Waals surface area contributed by atoms with E-state index in [2.05, 4.69) is 39.2 Å². The molecular formula is C13H22N8. The second-order valence-corrected chi connectivity index (χ2v) is 4.76. The summed E-state index contributed by atoms with van der Waals surface area (Å²) in [7, 11) is 1.90. The molecule has 0 spiro atoms. The smallest absolute Gasteiger partial charge is 0.231 e. The average Bonchev–Trinajstić information content (AvgIpc) is 2.75. The Morgan fingerprint density at radius 1 is 1.24 bits per heavy atom. The van der Waals surface area contributed by atoms with E-state index in [0.717, 1.165) is 24.3 Å². The van der Waals surface area contributed by atoms with E-state index in [1.54, 1.807) is 4.68 Å². The standard InChI is InChI=1S/C13H22N8/c1-5-21(6-2)13-17-11(14)16-12(18-13)15-7-10-8-20(4)19-9(10)3/h8H,5-7H2,1-4H3,(H3,14,15,16,17,18). The number of nitrogen functional groups attached to an aromatic ring is 1. The molecule has 0 amide bonds. The third kappa shape index (κ3) is 3.59. The lowest BCUT2D eigenvalue weighted by molar-refractivity contribution is 0.756. The first-order chi connectivity index (χ1) is 10.0. The molecule has 0 atom stereocenters. The third-order valence-electron chi connectivity index (χ3n) is 3.24. The summed E-state index contributed by atoms with van der Waals surface area (Å²) in [5, 5.41) is 7.48. The third-order valence-corrected chi connectivity index (χ3v) is 3.24. The van der Waals surface area contributed by atoms with Crippen LogP contribution in [0.5, 0.6) is 0 Å². The van der Waals surface area contributed by atoms with Crippen LogP contribution in [0.15, 0.2) is 6.20 Å². The van der Waals surface area contributed by atoms with Crippen molar-refractivity contribution in [2.45, 2.75) is 27.3 Å². The molecule has 0 aliphatic rings. The van der Waals surface area contributed by atoms with E-state index >= 15 is 0 Å². The summed E-state index contributed by atoms with van der Waals surface area (Å²) in [6.45, 7) is 8.31. The van der Waals surface area contributed by atoms with Gasteiger partial charge in [-0.05, 0) is 20.8 Å². The maximum atomic E-state index is 5.76. The Balaban J connectivity index is 2.14. The van der Waals surface area contributed by atoms with Gasteiger partial charge >= 0.3 is 0 Å². The molecule has 2 heterocycles. The van der Waals surface area contributed by atoms with Crippen molar-refractivity contribution in [3.63, 3.8) is 0 Å². The van der Waals surface area contributed by atoms with Crippen molar-refractivity contribution in [3.05, 3.63) is 17.5 Å². The van der Waals surface area contributed by atoms with Gasteiger partial charge in [-0.15, -0.1) is 0 Å². The van der Waals surface area contributed by atoms with E-state index in [4.69, 9.17) is 5.73 Å². The highest BCUT2D eigenvalue weighted by atomic mass is 15.3. The molecular weight excluding hydrogens is 268 g/mol. The largest absolute Gasteiger partial charge is 0.368 e. The van der Waals surface area contributed by atoms with Crippen LogP contribution in [0.4, 0.5) is 17.8 Å². The molecule has 8 heteroatoms. The summed E-state index contributed by atoms with van der Waals surface area (Å²) in [6.07, 6.45) is 1.97. The van der Waals surface area contributed by atoms with Gasteiger partial charge in [0, 0.05) is 38.4 Å². The van der Waals surface area contributed by atoms with Crippen LogP contribution in [0.25, 0.3) is 0 Å². The van der Waals surface area contributed by atoms with Crippen molar-refractivity contribution in [1.29, 1.82) is 0 Å².